The molecule has 1 saturated heterocycles. The molecule has 2 amide bonds. The van der Waals surface area contributed by atoms with Gasteiger partial charge < -0.3 is 26.0 Å². The maximum absolute atomic E-state index is 12.8. The highest BCUT2D eigenvalue weighted by atomic mass is 16.5. The van der Waals surface area contributed by atoms with Gasteiger partial charge in [0.25, 0.3) is 11.8 Å². The molecule has 184 valence electrons. The molecule has 0 saturated carbocycles. The van der Waals surface area contributed by atoms with Gasteiger partial charge in [0.2, 0.25) is 5.95 Å². The van der Waals surface area contributed by atoms with Crippen molar-refractivity contribution in [2.75, 3.05) is 29.9 Å². The molecule has 3 aromatic rings. The first kappa shape index (κ1) is 24.4. The maximum Gasteiger partial charge on any atom is 0.273 e. The van der Waals surface area contributed by atoms with Crippen LogP contribution in [0, 0.1) is 6.57 Å². The largest absolute Gasteiger partial charge is 0.494 e. The Labute approximate surface area is 208 Å². The predicted molar refractivity (Wildman–Crippen MR) is 135 cm³/mol. The van der Waals surface area contributed by atoms with E-state index in [1.807, 2.05) is 11.8 Å². The van der Waals surface area contributed by atoms with Crippen molar-refractivity contribution in [1.82, 2.24) is 20.5 Å². The summed E-state index contributed by atoms with van der Waals surface area (Å²) >= 11 is 0. The third-order valence-corrected chi connectivity index (χ3v) is 5.64. The van der Waals surface area contributed by atoms with Crippen molar-refractivity contribution < 1.29 is 14.3 Å². The molecule has 1 aromatic heterocycles. The van der Waals surface area contributed by atoms with Crippen LogP contribution < -0.4 is 26.0 Å². The minimum Gasteiger partial charge on any atom is -0.494 e. The highest BCUT2D eigenvalue weighted by Gasteiger charge is 2.25. The van der Waals surface area contributed by atoms with E-state index in [2.05, 4.69) is 30.7 Å². The second-order valence-electron chi connectivity index (χ2n) is 8.17. The zero-order valence-corrected chi connectivity index (χ0v) is 19.8. The molecule has 4 N–H and O–H groups in total. The number of hydrogen-bond donors (Lipinski definition) is 3. The summed E-state index contributed by atoms with van der Waals surface area (Å²) in [7, 11) is 0. The molecule has 11 heteroatoms. The van der Waals surface area contributed by atoms with Gasteiger partial charge in [-0.1, -0.05) is 12.1 Å². The van der Waals surface area contributed by atoms with Gasteiger partial charge in [-0.05, 0) is 56.2 Å². The number of rotatable bonds is 8. The molecule has 2 heterocycles. The Kier molecular flexibility index (Phi) is 7.55. The normalized spacial score (nSPS) is 15.0. The first-order valence-electron chi connectivity index (χ1n) is 11.5. The highest BCUT2D eigenvalue weighted by Crippen LogP contribution is 2.23. The van der Waals surface area contributed by atoms with E-state index >= 15 is 0 Å². The lowest BCUT2D eigenvalue weighted by molar-refractivity contribution is 0.0931. The summed E-state index contributed by atoms with van der Waals surface area (Å²) in [6.45, 7) is 10.7. The van der Waals surface area contributed by atoms with Crippen molar-refractivity contribution in [3.05, 3.63) is 71.2 Å². The zero-order valence-electron chi connectivity index (χ0n) is 19.8. The summed E-state index contributed by atoms with van der Waals surface area (Å²) in [5, 5.41) is 14.2. The number of hydrogen-bond acceptors (Lipinski definition) is 8. The van der Waals surface area contributed by atoms with E-state index < -0.39 is 5.91 Å². The number of nitrogens with two attached hydrogens (primary N) is 1. The fraction of sp³-hybridized carbons (Fsp3) is 0.280. The Morgan fingerprint density at radius 2 is 1.92 bits per heavy atom. The van der Waals surface area contributed by atoms with Gasteiger partial charge in [0, 0.05) is 30.4 Å². The molecular formula is C25H26N8O3. The van der Waals surface area contributed by atoms with E-state index in [0.29, 0.717) is 48.3 Å². The van der Waals surface area contributed by atoms with Crippen LogP contribution in [0.25, 0.3) is 4.85 Å². The summed E-state index contributed by atoms with van der Waals surface area (Å²) in [6, 6.07) is 13.6. The fourth-order valence-corrected chi connectivity index (χ4v) is 3.88. The molecule has 36 heavy (non-hydrogen) atoms. The quantitative estimate of drug-likeness (QED) is 0.413. The Bertz CT molecular complexity index is 1270. The molecule has 0 radical (unpaired) electrons. The number of nitrogens with one attached hydrogen (secondary N) is 2. The van der Waals surface area contributed by atoms with Crippen LogP contribution in [0.5, 0.6) is 5.75 Å². The molecule has 0 unspecified atom stereocenters. The summed E-state index contributed by atoms with van der Waals surface area (Å²) < 4.78 is 5.43. The minimum atomic E-state index is -0.763. The van der Waals surface area contributed by atoms with E-state index in [1.165, 1.54) is 0 Å². The standard InChI is InChI=1S/C25H26N8O3/c1-3-36-20-12-6-16(7-13-20)24(35)29-19-5-4-14-33(15-19)25-30-23(21(22(26)34)31-32-25)28-18-10-8-17(27-2)9-11-18/h6-13,19H,3-5,14-15H2,1H3,(H2,26,34)(H,29,35)(H,28,30,32)/t19-/m1/s1. The molecule has 0 bridgehead atoms. The van der Waals surface area contributed by atoms with Gasteiger partial charge >= 0.3 is 0 Å². The summed E-state index contributed by atoms with van der Waals surface area (Å²) in [4.78, 5) is 34.4. The number of benzene rings is 2. The number of carbonyl (C=O) groups excluding carboxylic acids is 2. The van der Waals surface area contributed by atoms with Gasteiger partial charge in [-0.3, -0.25) is 9.59 Å². The Balaban J connectivity index is 1.47. The number of carbonyl (C=O) groups is 2. The van der Waals surface area contributed by atoms with Crippen LogP contribution in [0.15, 0.2) is 48.5 Å². The van der Waals surface area contributed by atoms with Crippen molar-refractivity contribution in [2.24, 2.45) is 5.73 Å². The van der Waals surface area contributed by atoms with Crippen LogP contribution in [0.3, 0.4) is 0 Å². The van der Waals surface area contributed by atoms with Gasteiger partial charge in [0.05, 0.1) is 13.2 Å². The second kappa shape index (κ2) is 11.1. The topological polar surface area (TPSA) is 140 Å². The molecule has 1 aliphatic heterocycles. The lowest BCUT2D eigenvalue weighted by Crippen LogP contribution is -2.48. The van der Waals surface area contributed by atoms with Crippen LogP contribution in [0.2, 0.25) is 0 Å². The number of anilines is 3. The Morgan fingerprint density at radius 1 is 1.17 bits per heavy atom. The Morgan fingerprint density at radius 3 is 2.58 bits per heavy atom. The lowest BCUT2D eigenvalue weighted by atomic mass is 10.1. The van der Waals surface area contributed by atoms with Crippen LogP contribution in [-0.4, -0.2) is 52.7 Å². The first-order chi connectivity index (χ1) is 17.5. The summed E-state index contributed by atoms with van der Waals surface area (Å²) in [6.07, 6.45) is 1.63. The third kappa shape index (κ3) is 5.85. The van der Waals surface area contributed by atoms with E-state index in [1.54, 1.807) is 48.5 Å². The lowest BCUT2D eigenvalue weighted by Gasteiger charge is -2.33. The van der Waals surface area contributed by atoms with Crippen molar-refractivity contribution in [3.63, 3.8) is 0 Å². The van der Waals surface area contributed by atoms with Crippen LogP contribution in [-0.2, 0) is 0 Å². The Hall–Kier alpha value is -4.72. The van der Waals surface area contributed by atoms with Crippen molar-refractivity contribution in [2.45, 2.75) is 25.8 Å². The number of primary amides is 1. The van der Waals surface area contributed by atoms with Crippen LogP contribution >= 0.6 is 0 Å². The van der Waals surface area contributed by atoms with Gasteiger partial charge in [0.15, 0.2) is 17.2 Å². The second-order valence-corrected chi connectivity index (χ2v) is 8.17. The first-order valence-corrected chi connectivity index (χ1v) is 11.5. The number of amides is 2. The van der Waals surface area contributed by atoms with Gasteiger partial charge in [-0.15, -0.1) is 10.2 Å². The molecule has 1 fully saturated rings. The highest BCUT2D eigenvalue weighted by molar-refractivity contribution is 5.96. The molecule has 1 atom stereocenters. The SMILES string of the molecule is [C-]#[N+]c1ccc(Nc2nc(N3CCC[C@@H](NC(=O)c4ccc(OCC)cc4)C3)nnc2C(N)=O)cc1. The summed E-state index contributed by atoms with van der Waals surface area (Å²) in [5.74, 6) is 0.275. The smallest absolute Gasteiger partial charge is 0.273 e. The molecule has 2 aromatic carbocycles. The third-order valence-electron chi connectivity index (χ3n) is 5.64. The van der Waals surface area contributed by atoms with Crippen molar-refractivity contribution in [1.29, 1.82) is 0 Å². The minimum absolute atomic E-state index is 0.0923. The number of ether oxygens (including phenoxy) is 1. The molecular weight excluding hydrogens is 460 g/mol. The summed E-state index contributed by atoms with van der Waals surface area (Å²) in [5.41, 5.74) is 7.04. The van der Waals surface area contributed by atoms with Crippen LogP contribution in [0.4, 0.5) is 23.1 Å². The number of aromatic nitrogens is 3. The van der Waals surface area contributed by atoms with Gasteiger partial charge in [-0.2, -0.15) is 4.98 Å². The number of nitrogens with zero attached hydrogens (tertiary/aromatic N) is 5. The maximum atomic E-state index is 12.8. The van der Waals surface area contributed by atoms with E-state index in [9.17, 15) is 9.59 Å². The monoisotopic (exact) mass is 486 g/mol. The van der Waals surface area contributed by atoms with E-state index in [4.69, 9.17) is 17.0 Å². The molecule has 4 rings (SSSR count). The van der Waals surface area contributed by atoms with Gasteiger partial charge in [-0.25, -0.2) is 4.85 Å². The average molecular weight is 487 g/mol. The van der Waals surface area contributed by atoms with Crippen molar-refractivity contribution in [3.8, 4) is 5.75 Å². The molecule has 0 spiro atoms. The fourth-order valence-electron chi connectivity index (χ4n) is 3.88. The van der Waals surface area contributed by atoms with Crippen molar-refractivity contribution >= 4 is 35.0 Å². The molecule has 1 aliphatic rings. The van der Waals surface area contributed by atoms with E-state index in [0.717, 1.165) is 12.8 Å². The zero-order chi connectivity index (χ0) is 25.5. The van der Waals surface area contributed by atoms with E-state index in [-0.39, 0.29) is 23.5 Å². The molecule has 0 aliphatic carbocycles. The molecule has 11 nitrogen and oxygen atoms in total. The van der Waals surface area contributed by atoms with Crippen LogP contribution in [0.1, 0.15) is 40.6 Å². The average Bonchev–Trinajstić information content (AvgIpc) is 2.89. The predicted octanol–water partition coefficient (Wildman–Crippen LogP) is 3.06. The van der Waals surface area contributed by atoms with Gasteiger partial charge in [0.1, 0.15) is 5.75 Å². The number of piperidine rings is 1.